The number of halogens is 2. The van der Waals surface area contributed by atoms with Gasteiger partial charge in [0.15, 0.2) is 0 Å². The van der Waals surface area contributed by atoms with Crippen molar-refractivity contribution >= 4 is 46.7 Å². The molecule has 1 fully saturated rings. The molecule has 1 aromatic rings. The Bertz CT molecular complexity index is 819. The molecule has 1 heterocycles. The van der Waals surface area contributed by atoms with Crippen molar-refractivity contribution in [3.05, 3.63) is 39.9 Å². The molecule has 0 radical (unpaired) electrons. The number of hydrogen-bond acceptors (Lipinski definition) is 4. The Morgan fingerprint density at radius 1 is 1.24 bits per heavy atom. The zero-order chi connectivity index (χ0) is 21.7. The summed E-state index contributed by atoms with van der Waals surface area (Å²) in [5, 5.41) is 19.3. The smallest absolute Gasteiger partial charge is 0.332 e. The molecule has 1 amide bonds. The third-order valence-corrected chi connectivity index (χ3v) is 5.97. The molecule has 7 nitrogen and oxygen atoms in total. The molecule has 0 spiro atoms. The molecular formula is C20H24Cl2N2O5. The lowest BCUT2D eigenvalue weighted by atomic mass is 9.78. The molecule has 0 aromatic heterocycles. The molecule has 0 saturated carbocycles. The fourth-order valence-corrected chi connectivity index (χ4v) is 4.08. The van der Waals surface area contributed by atoms with Crippen molar-refractivity contribution in [2.45, 2.75) is 19.8 Å². The molecule has 2 rings (SSSR count). The summed E-state index contributed by atoms with van der Waals surface area (Å²) in [6, 6.07) is 4.87. The van der Waals surface area contributed by atoms with Crippen LogP contribution in [0.25, 0.3) is 0 Å². The van der Waals surface area contributed by atoms with Gasteiger partial charge in [0.2, 0.25) is 5.91 Å². The second kappa shape index (κ2) is 10.1. The topological polar surface area (TPSA) is 98.2 Å². The Morgan fingerprint density at radius 3 is 2.38 bits per heavy atom. The van der Waals surface area contributed by atoms with E-state index in [1.807, 2.05) is 7.05 Å². The van der Waals surface area contributed by atoms with E-state index >= 15 is 0 Å². The molecular weight excluding hydrogens is 419 g/mol. The van der Waals surface area contributed by atoms with Crippen LogP contribution >= 0.6 is 23.2 Å². The van der Waals surface area contributed by atoms with Crippen molar-refractivity contribution in [1.82, 2.24) is 4.90 Å². The molecule has 158 valence electrons. The first-order chi connectivity index (χ1) is 13.7. The van der Waals surface area contributed by atoms with E-state index in [9.17, 15) is 24.6 Å². The number of anilines is 1. The van der Waals surface area contributed by atoms with Crippen LogP contribution < -0.4 is 4.90 Å². The second-order valence-corrected chi connectivity index (χ2v) is 7.80. The van der Waals surface area contributed by atoms with Crippen LogP contribution in [0.5, 0.6) is 0 Å². The predicted molar refractivity (Wildman–Crippen MR) is 112 cm³/mol. The SMILES string of the molecule is CCN(C(=O)C(/C(=C\C(=O)O)C(=O)O)C1CCN(C)CC1)c1cccc(Cl)c1Cl. The highest BCUT2D eigenvalue weighted by Crippen LogP contribution is 2.37. The van der Waals surface area contributed by atoms with Gasteiger partial charge in [-0.05, 0) is 58.0 Å². The van der Waals surface area contributed by atoms with Gasteiger partial charge in [-0.15, -0.1) is 0 Å². The van der Waals surface area contributed by atoms with Crippen LogP contribution in [0.2, 0.25) is 10.0 Å². The Labute approximate surface area is 179 Å². The van der Waals surface area contributed by atoms with E-state index in [4.69, 9.17) is 23.2 Å². The number of carbonyl (C=O) groups excluding carboxylic acids is 1. The minimum absolute atomic E-state index is 0.186. The summed E-state index contributed by atoms with van der Waals surface area (Å²) in [6.45, 7) is 3.35. The maximum atomic E-state index is 13.6. The fourth-order valence-electron chi connectivity index (χ4n) is 3.68. The number of amides is 1. The summed E-state index contributed by atoms with van der Waals surface area (Å²) < 4.78 is 0. The first kappa shape index (κ1) is 23.2. The van der Waals surface area contributed by atoms with Gasteiger partial charge in [0.25, 0.3) is 0 Å². The van der Waals surface area contributed by atoms with Crippen LogP contribution in [0.1, 0.15) is 19.8 Å². The van der Waals surface area contributed by atoms with E-state index in [0.717, 1.165) is 0 Å². The number of carboxylic acid groups (broad SMARTS) is 2. The van der Waals surface area contributed by atoms with Gasteiger partial charge >= 0.3 is 11.9 Å². The van der Waals surface area contributed by atoms with E-state index in [-0.39, 0.29) is 22.5 Å². The molecule has 2 N–H and O–H groups in total. The fraction of sp³-hybridized carbons (Fsp3) is 0.450. The van der Waals surface area contributed by atoms with Crippen LogP contribution in [0.3, 0.4) is 0 Å². The summed E-state index contributed by atoms with van der Waals surface area (Å²) >= 11 is 12.4. The number of rotatable bonds is 7. The van der Waals surface area contributed by atoms with Crippen LogP contribution in [-0.4, -0.2) is 59.6 Å². The van der Waals surface area contributed by atoms with Gasteiger partial charge in [-0.2, -0.15) is 0 Å². The van der Waals surface area contributed by atoms with Crippen molar-refractivity contribution < 1.29 is 24.6 Å². The largest absolute Gasteiger partial charge is 0.478 e. The molecule has 0 aliphatic carbocycles. The Morgan fingerprint density at radius 2 is 1.86 bits per heavy atom. The van der Waals surface area contributed by atoms with Crippen molar-refractivity contribution in [3.63, 3.8) is 0 Å². The number of hydrogen-bond donors (Lipinski definition) is 2. The van der Waals surface area contributed by atoms with Crippen LogP contribution in [0, 0.1) is 11.8 Å². The van der Waals surface area contributed by atoms with Gasteiger partial charge in [0.05, 0.1) is 27.2 Å². The van der Waals surface area contributed by atoms with Gasteiger partial charge in [0, 0.05) is 12.6 Å². The highest BCUT2D eigenvalue weighted by Gasteiger charge is 2.39. The first-order valence-electron chi connectivity index (χ1n) is 9.29. The maximum Gasteiger partial charge on any atom is 0.332 e. The van der Waals surface area contributed by atoms with Gasteiger partial charge in [-0.25, -0.2) is 9.59 Å². The summed E-state index contributed by atoms with van der Waals surface area (Å²) in [6.07, 6.45) is 1.78. The molecule has 1 unspecified atom stereocenters. The van der Waals surface area contributed by atoms with E-state index in [0.29, 0.717) is 37.7 Å². The van der Waals surface area contributed by atoms with Crippen LogP contribution in [0.15, 0.2) is 29.8 Å². The maximum absolute atomic E-state index is 13.6. The molecule has 1 aliphatic heterocycles. The Kier molecular flexibility index (Phi) is 8.07. The van der Waals surface area contributed by atoms with Gasteiger partial charge in [0.1, 0.15) is 0 Å². The minimum atomic E-state index is -1.42. The number of benzene rings is 1. The van der Waals surface area contributed by atoms with Gasteiger partial charge in [-0.3, -0.25) is 4.79 Å². The zero-order valence-electron chi connectivity index (χ0n) is 16.3. The molecule has 0 bridgehead atoms. The molecule has 1 aromatic carbocycles. The van der Waals surface area contributed by atoms with E-state index in [2.05, 4.69) is 4.90 Å². The van der Waals surface area contributed by atoms with Crippen molar-refractivity contribution in [2.75, 3.05) is 31.6 Å². The zero-order valence-corrected chi connectivity index (χ0v) is 17.8. The van der Waals surface area contributed by atoms with Gasteiger partial charge in [-0.1, -0.05) is 29.3 Å². The highest BCUT2D eigenvalue weighted by atomic mass is 35.5. The summed E-state index contributed by atoms with van der Waals surface area (Å²) in [5.41, 5.74) is -0.0571. The number of nitrogens with zero attached hydrogens (tertiary/aromatic N) is 2. The number of carboxylic acids is 2. The molecule has 9 heteroatoms. The normalized spacial score (nSPS) is 17.0. The average Bonchev–Trinajstić information content (AvgIpc) is 2.66. The molecule has 1 atom stereocenters. The summed E-state index contributed by atoms with van der Waals surface area (Å²) in [5.74, 6) is -4.73. The van der Waals surface area contributed by atoms with Crippen molar-refractivity contribution in [2.24, 2.45) is 11.8 Å². The molecule has 1 aliphatic rings. The van der Waals surface area contributed by atoms with Crippen LogP contribution in [-0.2, 0) is 14.4 Å². The van der Waals surface area contributed by atoms with E-state index in [1.165, 1.54) is 4.90 Å². The standard InChI is InChI=1S/C20H24Cl2N2O5/c1-3-24(15-6-4-5-14(21)18(15)22)19(27)17(12-7-9-23(2)10-8-12)13(20(28)29)11-16(25)26/h4-6,11-12,17H,3,7-10H2,1-2H3,(H,25,26)(H,28,29)/b13-11+. The van der Waals surface area contributed by atoms with E-state index in [1.54, 1.807) is 25.1 Å². The number of likely N-dealkylation sites (tertiary alicyclic amines) is 1. The minimum Gasteiger partial charge on any atom is -0.478 e. The average molecular weight is 443 g/mol. The monoisotopic (exact) mass is 442 g/mol. The molecule has 29 heavy (non-hydrogen) atoms. The number of aliphatic carboxylic acids is 2. The first-order valence-corrected chi connectivity index (χ1v) is 10.0. The van der Waals surface area contributed by atoms with Gasteiger partial charge < -0.3 is 20.0 Å². The quantitative estimate of drug-likeness (QED) is 0.627. The van der Waals surface area contributed by atoms with Crippen molar-refractivity contribution in [1.29, 1.82) is 0 Å². The Balaban J connectivity index is 2.53. The number of carbonyl (C=O) groups is 3. The number of piperidine rings is 1. The predicted octanol–water partition coefficient (Wildman–Crippen LogP) is 3.40. The lowest BCUT2D eigenvalue weighted by Gasteiger charge is -2.36. The third-order valence-electron chi connectivity index (χ3n) is 5.17. The van der Waals surface area contributed by atoms with Crippen LogP contribution in [0.4, 0.5) is 5.69 Å². The third kappa shape index (κ3) is 5.50. The lowest BCUT2D eigenvalue weighted by molar-refractivity contribution is -0.137. The highest BCUT2D eigenvalue weighted by molar-refractivity contribution is 6.44. The Hall–Kier alpha value is -2.09. The second-order valence-electron chi connectivity index (χ2n) is 7.02. The molecule has 1 saturated heterocycles. The lowest BCUT2D eigenvalue weighted by Crippen LogP contribution is -2.44. The summed E-state index contributed by atoms with van der Waals surface area (Å²) in [4.78, 5) is 40.2. The summed E-state index contributed by atoms with van der Waals surface area (Å²) in [7, 11) is 1.95. The van der Waals surface area contributed by atoms with Crippen molar-refractivity contribution in [3.8, 4) is 0 Å². The van der Waals surface area contributed by atoms with E-state index < -0.39 is 29.3 Å².